The lowest BCUT2D eigenvalue weighted by molar-refractivity contribution is 0.171. The molecular formula is C27H29N3O2. The average Bonchev–Trinajstić information content (AvgIpc) is 3.37. The molecule has 0 amide bonds. The predicted molar refractivity (Wildman–Crippen MR) is 127 cm³/mol. The Labute approximate surface area is 188 Å². The molecule has 5 rings (SSSR count). The molecule has 32 heavy (non-hydrogen) atoms. The van der Waals surface area contributed by atoms with Gasteiger partial charge in [0.05, 0.1) is 22.8 Å². The molecule has 1 saturated heterocycles. The molecule has 1 aliphatic heterocycles. The first-order valence-corrected chi connectivity index (χ1v) is 11.7. The van der Waals surface area contributed by atoms with E-state index in [1.54, 1.807) is 23.7 Å². The molecule has 1 aliphatic carbocycles. The third-order valence-electron chi connectivity index (χ3n) is 7.15. The highest BCUT2D eigenvalue weighted by atomic mass is 16.5. The van der Waals surface area contributed by atoms with E-state index in [0.717, 1.165) is 54.2 Å². The van der Waals surface area contributed by atoms with E-state index in [-0.39, 0.29) is 11.7 Å². The number of nitriles is 1. The van der Waals surface area contributed by atoms with Gasteiger partial charge < -0.3 is 14.2 Å². The monoisotopic (exact) mass is 427 g/mol. The van der Waals surface area contributed by atoms with Gasteiger partial charge in [-0.25, -0.2) is 0 Å². The molecule has 0 atom stereocenters. The Balaban J connectivity index is 1.29. The zero-order valence-electron chi connectivity index (χ0n) is 18.6. The third kappa shape index (κ3) is 3.98. The molecule has 164 valence electrons. The summed E-state index contributed by atoms with van der Waals surface area (Å²) in [7, 11) is 1.78. The molecule has 0 N–H and O–H groups in total. The van der Waals surface area contributed by atoms with Gasteiger partial charge in [0.1, 0.15) is 11.9 Å². The fourth-order valence-corrected chi connectivity index (χ4v) is 5.26. The third-order valence-corrected chi connectivity index (χ3v) is 7.15. The number of rotatable bonds is 4. The minimum atomic E-state index is -0.0297. The number of aryl methyl sites for hydroxylation is 1. The number of anilines is 1. The first-order chi connectivity index (χ1) is 15.6. The first-order valence-electron chi connectivity index (χ1n) is 11.7. The molecule has 5 nitrogen and oxygen atoms in total. The SMILES string of the molecule is Cn1c(=O)cc(N2CCC(Oc3ccc(C4CCCC4)cc3)CC2)c2cc(C#N)ccc21. The summed E-state index contributed by atoms with van der Waals surface area (Å²) < 4.78 is 7.93. The lowest BCUT2D eigenvalue weighted by atomic mass is 9.98. The summed E-state index contributed by atoms with van der Waals surface area (Å²) in [6, 6.07) is 18.2. The van der Waals surface area contributed by atoms with Crippen molar-refractivity contribution in [2.24, 2.45) is 7.05 Å². The molecule has 0 bridgehead atoms. The number of pyridine rings is 1. The molecule has 5 heteroatoms. The normalized spacial score (nSPS) is 17.6. The molecule has 2 aliphatic rings. The molecule has 2 heterocycles. The van der Waals surface area contributed by atoms with Crippen LogP contribution < -0.4 is 15.2 Å². The number of hydrogen-bond acceptors (Lipinski definition) is 4. The molecule has 0 spiro atoms. The number of benzene rings is 2. The van der Waals surface area contributed by atoms with E-state index in [4.69, 9.17) is 4.74 Å². The quantitative estimate of drug-likeness (QED) is 0.580. The lowest BCUT2D eigenvalue weighted by Gasteiger charge is -2.34. The van der Waals surface area contributed by atoms with Crippen molar-refractivity contribution in [1.29, 1.82) is 5.26 Å². The molecule has 1 saturated carbocycles. The van der Waals surface area contributed by atoms with Crippen LogP contribution in [0, 0.1) is 11.3 Å². The standard InChI is InChI=1S/C27H29N3O2/c1-29-25-11-6-19(18-28)16-24(25)26(17-27(29)31)30-14-12-23(13-15-30)32-22-9-7-21(8-10-22)20-4-2-3-5-20/h6-11,16-17,20,23H,2-5,12-15H2,1H3. The van der Waals surface area contributed by atoms with E-state index in [2.05, 4.69) is 35.2 Å². The molecule has 2 aromatic carbocycles. The van der Waals surface area contributed by atoms with Gasteiger partial charge in [-0.1, -0.05) is 25.0 Å². The van der Waals surface area contributed by atoms with Crippen LogP contribution in [-0.2, 0) is 7.05 Å². The summed E-state index contributed by atoms with van der Waals surface area (Å²) in [6.07, 6.45) is 7.30. The number of ether oxygens (including phenoxy) is 1. The van der Waals surface area contributed by atoms with Crippen molar-refractivity contribution in [2.75, 3.05) is 18.0 Å². The number of nitrogens with zero attached hydrogens (tertiary/aromatic N) is 3. The fourth-order valence-electron chi connectivity index (χ4n) is 5.26. The van der Waals surface area contributed by atoms with Gasteiger partial charge in [-0.05, 0) is 54.7 Å². The highest BCUT2D eigenvalue weighted by Crippen LogP contribution is 2.35. The molecule has 0 radical (unpaired) electrons. The summed E-state index contributed by atoms with van der Waals surface area (Å²) in [5.41, 5.74) is 3.79. The van der Waals surface area contributed by atoms with Gasteiger partial charge in [-0.3, -0.25) is 4.79 Å². The largest absolute Gasteiger partial charge is 0.490 e. The summed E-state index contributed by atoms with van der Waals surface area (Å²) in [6.45, 7) is 1.65. The Morgan fingerprint density at radius 3 is 2.38 bits per heavy atom. The second-order valence-corrected chi connectivity index (χ2v) is 9.13. The van der Waals surface area contributed by atoms with Crippen molar-refractivity contribution in [3.8, 4) is 11.8 Å². The maximum absolute atomic E-state index is 12.5. The van der Waals surface area contributed by atoms with Gasteiger partial charge in [0.15, 0.2) is 0 Å². The van der Waals surface area contributed by atoms with E-state index >= 15 is 0 Å². The number of piperidine rings is 1. The number of hydrogen-bond donors (Lipinski definition) is 0. The van der Waals surface area contributed by atoms with E-state index < -0.39 is 0 Å². The second kappa shape index (κ2) is 8.70. The Morgan fingerprint density at radius 2 is 1.69 bits per heavy atom. The molecule has 3 aromatic rings. The van der Waals surface area contributed by atoms with Crippen LogP contribution in [0.5, 0.6) is 5.75 Å². The van der Waals surface area contributed by atoms with Gasteiger partial charge in [-0.15, -0.1) is 0 Å². The number of fused-ring (bicyclic) bond motifs is 1. The van der Waals surface area contributed by atoms with E-state index in [1.807, 2.05) is 12.1 Å². The average molecular weight is 428 g/mol. The van der Waals surface area contributed by atoms with Crippen LogP contribution in [0.4, 0.5) is 5.69 Å². The van der Waals surface area contributed by atoms with Gasteiger partial charge in [0.25, 0.3) is 5.56 Å². The Bertz CT molecular complexity index is 1210. The minimum absolute atomic E-state index is 0.0297. The maximum atomic E-state index is 12.5. The summed E-state index contributed by atoms with van der Waals surface area (Å²) in [5, 5.41) is 10.3. The van der Waals surface area contributed by atoms with Crippen LogP contribution in [0.25, 0.3) is 10.9 Å². The molecule has 2 fully saturated rings. The van der Waals surface area contributed by atoms with Crippen molar-refractivity contribution in [3.05, 3.63) is 70.0 Å². The second-order valence-electron chi connectivity index (χ2n) is 9.13. The Hall–Kier alpha value is -3.26. The van der Waals surface area contributed by atoms with Crippen LogP contribution in [0.1, 0.15) is 55.6 Å². The van der Waals surface area contributed by atoms with Crippen LogP contribution in [0.3, 0.4) is 0 Å². The summed E-state index contributed by atoms with van der Waals surface area (Å²) in [4.78, 5) is 14.8. The van der Waals surface area contributed by atoms with Gasteiger partial charge in [-0.2, -0.15) is 5.26 Å². The molecular weight excluding hydrogens is 398 g/mol. The smallest absolute Gasteiger partial charge is 0.252 e. The minimum Gasteiger partial charge on any atom is -0.490 e. The van der Waals surface area contributed by atoms with Crippen LogP contribution in [0.15, 0.2) is 53.3 Å². The Morgan fingerprint density at radius 1 is 0.969 bits per heavy atom. The fraction of sp³-hybridized carbons (Fsp3) is 0.407. The van der Waals surface area contributed by atoms with Gasteiger partial charge >= 0.3 is 0 Å². The first kappa shape index (κ1) is 20.6. The lowest BCUT2D eigenvalue weighted by Crippen LogP contribution is -2.39. The van der Waals surface area contributed by atoms with Crippen LogP contribution >= 0.6 is 0 Å². The van der Waals surface area contributed by atoms with Crippen molar-refractivity contribution < 1.29 is 4.74 Å². The van der Waals surface area contributed by atoms with Crippen LogP contribution in [-0.4, -0.2) is 23.8 Å². The van der Waals surface area contributed by atoms with Crippen molar-refractivity contribution in [1.82, 2.24) is 4.57 Å². The van der Waals surface area contributed by atoms with Crippen LogP contribution in [0.2, 0.25) is 0 Å². The summed E-state index contributed by atoms with van der Waals surface area (Å²) >= 11 is 0. The van der Waals surface area contributed by atoms with Crippen molar-refractivity contribution in [3.63, 3.8) is 0 Å². The van der Waals surface area contributed by atoms with E-state index in [1.165, 1.54) is 31.2 Å². The van der Waals surface area contributed by atoms with Crippen molar-refractivity contribution in [2.45, 2.75) is 50.5 Å². The number of aromatic nitrogens is 1. The Kier molecular flexibility index (Phi) is 5.61. The highest BCUT2D eigenvalue weighted by molar-refractivity contribution is 5.93. The molecule has 0 unspecified atom stereocenters. The summed E-state index contributed by atoms with van der Waals surface area (Å²) in [5.74, 6) is 1.67. The maximum Gasteiger partial charge on any atom is 0.252 e. The van der Waals surface area contributed by atoms with E-state index in [0.29, 0.717) is 5.56 Å². The van der Waals surface area contributed by atoms with E-state index in [9.17, 15) is 10.1 Å². The van der Waals surface area contributed by atoms with Gasteiger partial charge in [0.2, 0.25) is 0 Å². The topological polar surface area (TPSA) is 58.3 Å². The highest BCUT2D eigenvalue weighted by Gasteiger charge is 2.23. The van der Waals surface area contributed by atoms with Gasteiger partial charge in [0, 0.05) is 44.4 Å². The van der Waals surface area contributed by atoms with Crippen molar-refractivity contribution >= 4 is 16.6 Å². The molecule has 1 aromatic heterocycles. The zero-order chi connectivity index (χ0) is 22.1. The zero-order valence-corrected chi connectivity index (χ0v) is 18.6. The predicted octanol–water partition coefficient (Wildman–Crippen LogP) is 5.12.